The van der Waals surface area contributed by atoms with Crippen molar-refractivity contribution < 1.29 is 14.3 Å². The Morgan fingerprint density at radius 3 is 2.58 bits per heavy atom. The Kier molecular flexibility index (Phi) is 3.91. The number of tetrazole rings is 1. The van der Waals surface area contributed by atoms with Crippen molar-refractivity contribution in [2.45, 2.75) is 0 Å². The Bertz CT molecular complexity index is 552. The quantitative estimate of drug-likeness (QED) is 0.830. The number of amides is 1. The predicted octanol–water partition coefficient (Wildman–Crippen LogP) is 0.236. The number of hydrogen-bond acceptors (Lipinski definition) is 6. The van der Waals surface area contributed by atoms with Gasteiger partial charge in [0, 0.05) is 0 Å². The molecule has 0 saturated carbocycles. The SMILES string of the molecule is COc1ccc(OCC(=O)Nc2nnn(C)n2)cc1. The summed E-state index contributed by atoms with van der Waals surface area (Å²) in [5.41, 5.74) is 0. The van der Waals surface area contributed by atoms with Crippen molar-refractivity contribution in [3.05, 3.63) is 24.3 Å². The van der Waals surface area contributed by atoms with E-state index in [4.69, 9.17) is 9.47 Å². The van der Waals surface area contributed by atoms with Gasteiger partial charge in [-0.1, -0.05) is 5.10 Å². The van der Waals surface area contributed by atoms with Crippen molar-refractivity contribution in [1.29, 1.82) is 0 Å². The third kappa shape index (κ3) is 3.66. The van der Waals surface area contributed by atoms with Gasteiger partial charge in [0.25, 0.3) is 11.9 Å². The number of nitrogens with zero attached hydrogens (tertiary/aromatic N) is 4. The number of hydrogen-bond donors (Lipinski definition) is 1. The highest BCUT2D eigenvalue weighted by atomic mass is 16.5. The highest BCUT2D eigenvalue weighted by Gasteiger charge is 2.07. The lowest BCUT2D eigenvalue weighted by molar-refractivity contribution is -0.118. The summed E-state index contributed by atoms with van der Waals surface area (Å²) >= 11 is 0. The van der Waals surface area contributed by atoms with Crippen LogP contribution in [-0.4, -0.2) is 39.8 Å². The molecule has 0 aliphatic heterocycles. The zero-order chi connectivity index (χ0) is 13.7. The molecule has 100 valence electrons. The molecule has 8 heteroatoms. The molecule has 0 saturated heterocycles. The topological polar surface area (TPSA) is 91.2 Å². The van der Waals surface area contributed by atoms with Gasteiger partial charge in [-0.15, -0.1) is 5.10 Å². The molecule has 1 aromatic heterocycles. The molecule has 1 N–H and O–H groups in total. The fourth-order valence-corrected chi connectivity index (χ4v) is 1.32. The van der Waals surface area contributed by atoms with Gasteiger partial charge in [0.15, 0.2) is 6.61 Å². The number of aryl methyl sites for hydroxylation is 1. The van der Waals surface area contributed by atoms with Crippen LogP contribution in [0.15, 0.2) is 24.3 Å². The van der Waals surface area contributed by atoms with Gasteiger partial charge in [-0.3, -0.25) is 10.1 Å². The molecule has 0 aliphatic rings. The molecule has 19 heavy (non-hydrogen) atoms. The Labute approximate surface area is 109 Å². The van der Waals surface area contributed by atoms with E-state index in [1.165, 1.54) is 4.80 Å². The second-order valence-corrected chi connectivity index (χ2v) is 3.61. The summed E-state index contributed by atoms with van der Waals surface area (Å²) in [7, 11) is 3.19. The van der Waals surface area contributed by atoms with Crippen molar-refractivity contribution in [2.75, 3.05) is 19.0 Å². The zero-order valence-electron chi connectivity index (χ0n) is 10.5. The average Bonchev–Trinajstić information content (AvgIpc) is 2.82. The third-order valence-electron chi connectivity index (χ3n) is 2.19. The Balaban J connectivity index is 1.82. The summed E-state index contributed by atoms with van der Waals surface area (Å²) in [5, 5.41) is 13.5. The summed E-state index contributed by atoms with van der Waals surface area (Å²) in [4.78, 5) is 12.8. The smallest absolute Gasteiger partial charge is 0.270 e. The van der Waals surface area contributed by atoms with E-state index in [9.17, 15) is 4.79 Å². The first-order chi connectivity index (χ1) is 9.17. The summed E-state index contributed by atoms with van der Waals surface area (Å²) in [6.07, 6.45) is 0. The molecule has 0 aliphatic carbocycles. The molecule has 1 aromatic carbocycles. The van der Waals surface area contributed by atoms with Crippen molar-refractivity contribution >= 4 is 11.9 Å². The third-order valence-corrected chi connectivity index (χ3v) is 2.19. The summed E-state index contributed by atoms with van der Waals surface area (Å²) in [5.74, 6) is 1.08. The van der Waals surface area contributed by atoms with Crippen LogP contribution in [0.1, 0.15) is 0 Å². The minimum atomic E-state index is -0.358. The highest BCUT2D eigenvalue weighted by Crippen LogP contribution is 2.16. The van der Waals surface area contributed by atoms with E-state index in [1.54, 1.807) is 38.4 Å². The first-order valence-corrected chi connectivity index (χ1v) is 5.48. The van der Waals surface area contributed by atoms with Gasteiger partial charge >= 0.3 is 0 Å². The molecule has 0 spiro atoms. The van der Waals surface area contributed by atoms with Crippen LogP contribution in [0.25, 0.3) is 0 Å². The van der Waals surface area contributed by atoms with E-state index in [-0.39, 0.29) is 18.5 Å². The minimum absolute atomic E-state index is 0.134. The average molecular weight is 263 g/mol. The van der Waals surface area contributed by atoms with E-state index >= 15 is 0 Å². The van der Waals surface area contributed by atoms with Crippen LogP contribution in [0.3, 0.4) is 0 Å². The Morgan fingerprint density at radius 1 is 1.32 bits per heavy atom. The number of carbonyl (C=O) groups excluding carboxylic acids is 1. The van der Waals surface area contributed by atoms with Crippen LogP contribution < -0.4 is 14.8 Å². The number of methoxy groups -OCH3 is 1. The van der Waals surface area contributed by atoms with Crippen LogP contribution in [0.4, 0.5) is 5.95 Å². The fraction of sp³-hybridized carbons (Fsp3) is 0.273. The number of benzene rings is 1. The van der Waals surface area contributed by atoms with Gasteiger partial charge in [0.05, 0.1) is 14.2 Å². The molecule has 1 amide bonds. The largest absolute Gasteiger partial charge is 0.497 e. The molecular weight excluding hydrogens is 250 g/mol. The lowest BCUT2D eigenvalue weighted by atomic mass is 10.3. The van der Waals surface area contributed by atoms with Crippen molar-refractivity contribution in [3.8, 4) is 11.5 Å². The van der Waals surface area contributed by atoms with Crippen LogP contribution in [0.2, 0.25) is 0 Å². The monoisotopic (exact) mass is 263 g/mol. The number of aromatic nitrogens is 4. The fourth-order valence-electron chi connectivity index (χ4n) is 1.32. The normalized spacial score (nSPS) is 10.0. The number of anilines is 1. The first kappa shape index (κ1) is 12.8. The predicted molar refractivity (Wildman–Crippen MR) is 65.9 cm³/mol. The molecule has 8 nitrogen and oxygen atoms in total. The van der Waals surface area contributed by atoms with Crippen LogP contribution in [0.5, 0.6) is 11.5 Å². The summed E-state index contributed by atoms with van der Waals surface area (Å²) in [6, 6.07) is 6.92. The molecule has 0 fully saturated rings. The van der Waals surface area contributed by atoms with Crippen molar-refractivity contribution in [2.24, 2.45) is 7.05 Å². The maximum Gasteiger partial charge on any atom is 0.270 e. The molecule has 2 rings (SSSR count). The summed E-state index contributed by atoms with van der Waals surface area (Å²) in [6.45, 7) is -0.134. The molecule has 0 bridgehead atoms. The molecule has 0 unspecified atom stereocenters. The zero-order valence-corrected chi connectivity index (χ0v) is 10.5. The Hall–Kier alpha value is -2.64. The lowest BCUT2D eigenvalue weighted by Crippen LogP contribution is -2.21. The molecular formula is C11H13N5O3. The molecule has 0 atom stereocenters. The van der Waals surface area contributed by atoms with E-state index in [1.807, 2.05) is 0 Å². The van der Waals surface area contributed by atoms with Gasteiger partial charge in [-0.25, -0.2) is 0 Å². The molecule has 0 radical (unpaired) electrons. The van der Waals surface area contributed by atoms with Gasteiger partial charge < -0.3 is 9.47 Å². The van der Waals surface area contributed by atoms with Gasteiger partial charge in [-0.05, 0) is 29.5 Å². The van der Waals surface area contributed by atoms with Crippen LogP contribution in [-0.2, 0) is 11.8 Å². The van der Waals surface area contributed by atoms with Crippen LogP contribution in [0, 0.1) is 0 Å². The number of rotatable bonds is 5. The van der Waals surface area contributed by atoms with Crippen molar-refractivity contribution in [3.63, 3.8) is 0 Å². The number of carbonyl (C=O) groups is 1. The molecule has 1 heterocycles. The summed E-state index contributed by atoms with van der Waals surface area (Å²) < 4.78 is 10.3. The van der Waals surface area contributed by atoms with Gasteiger partial charge in [0.2, 0.25) is 0 Å². The lowest BCUT2D eigenvalue weighted by Gasteiger charge is -2.06. The maximum absolute atomic E-state index is 11.5. The second kappa shape index (κ2) is 5.80. The standard InChI is InChI=1S/C11H13N5O3/c1-16-14-11(13-15-16)12-10(17)7-19-9-5-3-8(18-2)4-6-9/h3-6H,7H2,1-2H3,(H,12,14,17). The van der Waals surface area contributed by atoms with Crippen molar-refractivity contribution in [1.82, 2.24) is 20.2 Å². The number of ether oxygens (including phenoxy) is 2. The minimum Gasteiger partial charge on any atom is -0.497 e. The second-order valence-electron chi connectivity index (χ2n) is 3.61. The molecule has 2 aromatic rings. The first-order valence-electron chi connectivity index (χ1n) is 5.48. The van der Waals surface area contributed by atoms with Gasteiger partial charge in [-0.2, -0.15) is 4.80 Å². The van der Waals surface area contributed by atoms with Crippen LogP contribution >= 0.6 is 0 Å². The maximum atomic E-state index is 11.5. The number of nitrogens with one attached hydrogen (secondary N) is 1. The Morgan fingerprint density at radius 2 is 2.00 bits per heavy atom. The van der Waals surface area contributed by atoms with Gasteiger partial charge in [0.1, 0.15) is 11.5 Å². The van der Waals surface area contributed by atoms with E-state index < -0.39 is 0 Å². The van der Waals surface area contributed by atoms with E-state index in [0.717, 1.165) is 5.75 Å². The van der Waals surface area contributed by atoms with E-state index in [0.29, 0.717) is 5.75 Å². The highest BCUT2D eigenvalue weighted by molar-refractivity contribution is 5.90. The van der Waals surface area contributed by atoms with E-state index in [2.05, 4.69) is 20.7 Å².